The Balaban J connectivity index is 1.92. The normalized spacial score (nSPS) is 11.9. The van der Waals surface area contributed by atoms with E-state index in [4.69, 9.17) is 4.74 Å². The lowest BCUT2D eigenvalue weighted by atomic mass is 10.3. The summed E-state index contributed by atoms with van der Waals surface area (Å²) in [6.07, 6.45) is 0.846. The number of hydrogen-bond acceptors (Lipinski definition) is 4. The molecule has 0 aliphatic heterocycles. The molecule has 0 aliphatic rings. The Bertz CT molecular complexity index is 556. The van der Waals surface area contributed by atoms with Crippen LogP contribution in [0.2, 0.25) is 0 Å². The number of H-pyrrole nitrogens is 1. The first-order chi connectivity index (χ1) is 9.56. The topological polar surface area (TPSA) is 71.1 Å². The molecule has 0 fully saturated rings. The monoisotopic (exact) mass is 338 g/mol. The number of rotatable bonds is 5. The van der Waals surface area contributed by atoms with Gasteiger partial charge in [0, 0.05) is 11.5 Å². The molecule has 1 N–H and O–H groups in total. The zero-order chi connectivity index (χ0) is 14.5. The number of hydrogen-bond donors (Lipinski definition) is 1. The van der Waals surface area contributed by atoms with Gasteiger partial charge in [-0.2, -0.15) is 5.10 Å². The van der Waals surface area contributed by atoms with Crippen molar-refractivity contribution >= 4 is 21.8 Å². The minimum absolute atomic E-state index is 0.121. The maximum Gasteiger partial charge on any atom is 0.263 e. The van der Waals surface area contributed by atoms with Crippen molar-refractivity contribution in [2.45, 2.75) is 19.6 Å². The number of likely N-dealkylation sites (N-methyl/N-ethyl adjacent to an activating group) is 1. The highest BCUT2D eigenvalue weighted by atomic mass is 79.9. The van der Waals surface area contributed by atoms with Crippen LogP contribution in [0.5, 0.6) is 5.75 Å². The standard InChI is InChI=1S/C13H15BrN4O2/c1-9(20-11-5-3-10(14)4-6-11)13(19)18(2)7-12-15-8-16-17-12/h3-6,8-9H,7H2,1-2H3,(H,15,16,17). The van der Waals surface area contributed by atoms with Crippen LogP contribution in [0.4, 0.5) is 0 Å². The Labute approximate surface area is 125 Å². The fourth-order valence-electron chi connectivity index (χ4n) is 1.69. The second-order valence-electron chi connectivity index (χ2n) is 4.34. The van der Waals surface area contributed by atoms with Crippen molar-refractivity contribution in [2.24, 2.45) is 0 Å². The van der Waals surface area contributed by atoms with Gasteiger partial charge >= 0.3 is 0 Å². The molecule has 0 bridgehead atoms. The molecule has 20 heavy (non-hydrogen) atoms. The highest BCUT2D eigenvalue weighted by Gasteiger charge is 2.20. The smallest absolute Gasteiger partial charge is 0.263 e. The molecule has 1 aromatic carbocycles. The zero-order valence-corrected chi connectivity index (χ0v) is 12.8. The van der Waals surface area contributed by atoms with E-state index < -0.39 is 6.10 Å². The molecule has 0 saturated carbocycles. The number of nitrogens with zero attached hydrogens (tertiary/aromatic N) is 3. The molecular weight excluding hydrogens is 324 g/mol. The van der Waals surface area contributed by atoms with E-state index in [1.807, 2.05) is 24.3 Å². The van der Waals surface area contributed by atoms with Crippen LogP contribution in [0.15, 0.2) is 35.1 Å². The molecular formula is C13H15BrN4O2. The maximum absolute atomic E-state index is 12.2. The number of nitrogens with one attached hydrogen (secondary N) is 1. The van der Waals surface area contributed by atoms with Crippen LogP contribution in [0, 0.1) is 0 Å². The largest absolute Gasteiger partial charge is 0.481 e. The van der Waals surface area contributed by atoms with Gasteiger partial charge in [-0.3, -0.25) is 9.89 Å². The van der Waals surface area contributed by atoms with Crippen LogP contribution in [0.1, 0.15) is 12.7 Å². The number of benzene rings is 1. The van der Waals surface area contributed by atoms with E-state index in [1.54, 1.807) is 18.9 Å². The minimum Gasteiger partial charge on any atom is -0.481 e. The van der Waals surface area contributed by atoms with E-state index in [0.29, 0.717) is 18.1 Å². The third kappa shape index (κ3) is 3.80. The van der Waals surface area contributed by atoms with Crippen LogP contribution in [-0.4, -0.2) is 39.1 Å². The summed E-state index contributed by atoms with van der Waals surface area (Å²) in [6.45, 7) is 2.09. The molecule has 0 spiro atoms. The highest BCUT2D eigenvalue weighted by molar-refractivity contribution is 9.10. The Hall–Kier alpha value is -1.89. The van der Waals surface area contributed by atoms with Gasteiger partial charge in [-0.1, -0.05) is 15.9 Å². The van der Waals surface area contributed by atoms with Crippen LogP contribution in [0.25, 0.3) is 0 Å². The van der Waals surface area contributed by atoms with Gasteiger partial charge in [0.1, 0.15) is 17.9 Å². The van der Waals surface area contributed by atoms with Crippen LogP contribution < -0.4 is 4.74 Å². The lowest BCUT2D eigenvalue weighted by Crippen LogP contribution is -2.37. The zero-order valence-electron chi connectivity index (χ0n) is 11.2. The summed E-state index contributed by atoms with van der Waals surface area (Å²) in [6, 6.07) is 7.35. The van der Waals surface area contributed by atoms with Gasteiger partial charge in [0.2, 0.25) is 0 Å². The lowest BCUT2D eigenvalue weighted by molar-refractivity contribution is -0.137. The van der Waals surface area contributed by atoms with Crippen molar-refractivity contribution in [3.05, 3.63) is 40.9 Å². The SMILES string of the molecule is CC(Oc1ccc(Br)cc1)C(=O)N(C)Cc1ncn[nH]1. The molecule has 1 unspecified atom stereocenters. The number of amides is 1. The van der Waals surface area contributed by atoms with E-state index >= 15 is 0 Å². The number of aromatic nitrogens is 3. The van der Waals surface area contributed by atoms with Gasteiger partial charge in [0.05, 0.1) is 6.54 Å². The first kappa shape index (κ1) is 14.5. The van der Waals surface area contributed by atoms with Crippen LogP contribution in [-0.2, 0) is 11.3 Å². The minimum atomic E-state index is -0.566. The molecule has 0 radical (unpaired) electrons. The van der Waals surface area contributed by atoms with Crippen molar-refractivity contribution in [1.29, 1.82) is 0 Å². The van der Waals surface area contributed by atoms with E-state index in [-0.39, 0.29) is 5.91 Å². The summed E-state index contributed by atoms with van der Waals surface area (Å²) in [5.74, 6) is 1.17. The summed E-state index contributed by atoms with van der Waals surface area (Å²) in [7, 11) is 1.70. The molecule has 1 aromatic heterocycles. The fourth-order valence-corrected chi connectivity index (χ4v) is 1.95. The summed E-state index contributed by atoms with van der Waals surface area (Å²) in [5, 5.41) is 6.46. The van der Waals surface area contributed by atoms with Crippen molar-refractivity contribution in [2.75, 3.05) is 7.05 Å². The van der Waals surface area contributed by atoms with Crippen molar-refractivity contribution < 1.29 is 9.53 Å². The predicted octanol–water partition coefficient (Wildman–Crippen LogP) is 1.99. The summed E-state index contributed by atoms with van der Waals surface area (Å²) >= 11 is 3.35. The Morgan fingerprint density at radius 3 is 2.75 bits per heavy atom. The average Bonchev–Trinajstić information content (AvgIpc) is 2.93. The van der Waals surface area contributed by atoms with Crippen molar-refractivity contribution in [3.63, 3.8) is 0 Å². The quantitative estimate of drug-likeness (QED) is 0.904. The molecule has 7 heteroatoms. The molecule has 2 rings (SSSR count). The lowest BCUT2D eigenvalue weighted by Gasteiger charge is -2.21. The van der Waals surface area contributed by atoms with Gasteiger partial charge in [-0.15, -0.1) is 0 Å². The van der Waals surface area contributed by atoms with Crippen molar-refractivity contribution in [1.82, 2.24) is 20.1 Å². The van der Waals surface area contributed by atoms with Gasteiger partial charge in [-0.05, 0) is 31.2 Å². The average molecular weight is 339 g/mol. The summed E-state index contributed by atoms with van der Waals surface area (Å²) in [4.78, 5) is 17.7. The molecule has 1 atom stereocenters. The third-order valence-electron chi connectivity index (χ3n) is 2.70. The predicted molar refractivity (Wildman–Crippen MR) is 77.1 cm³/mol. The Kier molecular flexibility index (Phi) is 4.73. The molecule has 1 heterocycles. The van der Waals surface area contributed by atoms with Crippen LogP contribution in [0.3, 0.4) is 0 Å². The Morgan fingerprint density at radius 2 is 2.15 bits per heavy atom. The summed E-state index contributed by atoms with van der Waals surface area (Å²) in [5.41, 5.74) is 0. The van der Waals surface area contributed by atoms with E-state index in [9.17, 15) is 4.79 Å². The molecule has 1 amide bonds. The number of halogens is 1. The van der Waals surface area contributed by atoms with Crippen molar-refractivity contribution in [3.8, 4) is 5.75 Å². The van der Waals surface area contributed by atoms with Gasteiger partial charge < -0.3 is 9.64 Å². The van der Waals surface area contributed by atoms with Gasteiger partial charge in [-0.25, -0.2) is 4.98 Å². The molecule has 0 saturated heterocycles. The first-order valence-electron chi connectivity index (χ1n) is 6.07. The van der Waals surface area contributed by atoms with Crippen LogP contribution >= 0.6 is 15.9 Å². The second-order valence-corrected chi connectivity index (χ2v) is 5.26. The van der Waals surface area contributed by atoms with E-state index in [0.717, 1.165) is 4.47 Å². The highest BCUT2D eigenvalue weighted by Crippen LogP contribution is 2.17. The molecule has 6 nitrogen and oxygen atoms in total. The second kappa shape index (κ2) is 6.51. The molecule has 106 valence electrons. The molecule has 2 aromatic rings. The van der Waals surface area contributed by atoms with E-state index in [2.05, 4.69) is 31.1 Å². The first-order valence-corrected chi connectivity index (χ1v) is 6.87. The Morgan fingerprint density at radius 1 is 1.45 bits per heavy atom. The van der Waals surface area contributed by atoms with E-state index in [1.165, 1.54) is 6.33 Å². The molecule has 0 aliphatic carbocycles. The van der Waals surface area contributed by atoms with Gasteiger partial charge in [0.25, 0.3) is 5.91 Å². The number of carbonyl (C=O) groups is 1. The number of ether oxygens (including phenoxy) is 1. The third-order valence-corrected chi connectivity index (χ3v) is 3.23. The summed E-state index contributed by atoms with van der Waals surface area (Å²) < 4.78 is 6.58. The number of carbonyl (C=O) groups excluding carboxylic acids is 1. The number of aromatic amines is 1. The van der Waals surface area contributed by atoms with Gasteiger partial charge in [0.15, 0.2) is 6.10 Å². The maximum atomic E-state index is 12.2. The fraction of sp³-hybridized carbons (Fsp3) is 0.308.